The molecule has 1 aliphatic rings. The number of halogens is 1. The molecule has 21 heavy (non-hydrogen) atoms. The van der Waals surface area contributed by atoms with Crippen LogP contribution in [0.4, 0.5) is 10.1 Å². The number of aliphatic hydroxyl groups excluding tert-OH is 1. The number of hydrogen-bond acceptors (Lipinski definition) is 5. The standard InChI is InChI=1S/C13H19FN2O4S/c1-8-3-11(4-12(15)13(8)14)21(18,19)16-5-10(6-17)20-7-9(16)2/h3-4,9-10,17H,5-7,15H2,1-2H3. The molecule has 1 heterocycles. The Balaban J connectivity index is 2.41. The van der Waals surface area contributed by atoms with Crippen LogP contribution in [-0.2, 0) is 14.8 Å². The average molecular weight is 318 g/mol. The molecule has 1 aromatic rings. The molecule has 0 radical (unpaired) electrons. The lowest BCUT2D eigenvalue weighted by Gasteiger charge is -2.36. The first-order valence-electron chi connectivity index (χ1n) is 6.57. The van der Waals surface area contributed by atoms with Crippen molar-refractivity contribution in [2.24, 2.45) is 0 Å². The predicted octanol–water partition coefficient (Wildman–Crippen LogP) is 0.487. The third kappa shape index (κ3) is 3.03. The minimum atomic E-state index is -3.82. The minimum Gasteiger partial charge on any atom is -0.396 e. The lowest BCUT2D eigenvalue weighted by atomic mass is 10.2. The summed E-state index contributed by atoms with van der Waals surface area (Å²) in [4.78, 5) is -0.0515. The topological polar surface area (TPSA) is 92.9 Å². The quantitative estimate of drug-likeness (QED) is 0.791. The Morgan fingerprint density at radius 1 is 1.52 bits per heavy atom. The van der Waals surface area contributed by atoms with Gasteiger partial charge in [-0.15, -0.1) is 0 Å². The van der Waals surface area contributed by atoms with Gasteiger partial charge in [0.15, 0.2) is 0 Å². The van der Waals surface area contributed by atoms with Crippen molar-refractivity contribution < 1.29 is 22.7 Å². The molecule has 0 bridgehead atoms. The summed E-state index contributed by atoms with van der Waals surface area (Å²) in [5, 5.41) is 9.14. The van der Waals surface area contributed by atoms with Crippen molar-refractivity contribution >= 4 is 15.7 Å². The number of hydrogen-bond donors (Lipinski definition) is 2. The van der Waals surface area contributed by atoms with Gasteiger partial charge in [-0.05, 0) is 31.5 Å². The van der Waals surface area contributed by atoms with Gasteiger partial charge in [0.2, 0.25) is 10.0 Å². The molecule has 3 N–H and O–H groups in total. The largest absolute Gasteiger partial charge is 0.396 e. The van der Waals surface area contributed by atoms with E-state index >= 15 is 0 Å². The maximum atomic E-state index is 13.5. The number of morpholine rings is 1. The molecule has 118 valence electrons. The lowest BCUT2D eigenvalue weighted by Crippen LogP contribution is -2.51. The summed E-state index contributed by atoms with van der Waals surface area (Å²) in [5.41, 5.74) is 5.49. The van der Waals surface area contributed by atoms with Crippen LogP contribution in [-0.4, -0.2) is 49.7 Å². The van der Waals surface area contributed by atoms with Crippen molar-refractivity contribution in [3.63, 3.8) is 0 Å². The molecule has 0 aromatic heterocycles. The zero-order chi connectivity index (χ0) is 15.8. The van der Waals surface area contributed by atoms with Gasteiger partial charge in [0, 0.05) is 12.6 Å². The van der Waals surface area contributed by atoms with E-state index in [1.54, 1.807) is 6.92 Å². The number of anilines is 1. The molecule has 0 spiro atoms. The Morgan fingerprint density at radius 3 is 2.76 bits per heavy atom. The molecule has 1 aliphatic heterocycles. The molecule has 2 unspecified atom stereocenters. The first-order valence-corrected chi connectivity index (χ1v) is 8.01. The number of aliphatic hydroxyl groups is 1. The van der Waals surface area contributed by atoms with Gasteiger partial charge in [-0.3, -0.25) is 0 Å². The fraction of sp³-hybridized carbons (Fsp3) is 0.538. The van der Waals surface area contributed by atoms with E-state index in [0.717, 1.165) is 6.07 Å². The van der Waals surface area contributed by atoms with Gasteiger partial charge >= 0.3 is 0 Å². The number of nitrogens with two attached hydrogens (primary N) is 1. The zero-order valence-electron chi connectivity index (χ0n) is 11.9. The van der Waals surface area contributed by atoms with Crippen LogP contribution in [0.15, 0.2) is 17.0 Å². The summed E-state index contributed by atoms with van der Waals surface area (Å²) in [7, 11) is -3.82. The number of rotatable bonds is 3. The van der Waals surface area contributed by atoms with E-state index in [2.05, 4.69) is 0 Å². The highest BCUT2D eigenvalue weighted by Crippen LogP contribution is 2.26. The monoisotopic (exact) mass is 318 g/mol. The second kappa shape index (κ2) is 5.88. The zero-order valence-corrected chi connectivity index (χ0v) is 12.7. The summed E-state index contributed by atoms with van der Waals surface area (Å²) < 4.78 is 45.5. The van der Waals surface area contributed by atoms with Gasteiger partial charge in [0.05, 0.1) is 29.9 Å². The minimum absolute atomic E-state index is 0.0515. The normalized spacial score (nSPS) is 24.2. The van der Waals surface area contributed by atoms with E-state index in [1.807, 2.05) is 0 Å². The number of nitrogens with zero attached hydrogens (tertiary/aromatic N) is 1. The molecule has 1 saturated heterocycles. The van der Waals surface area contributed by atoms with Crippen molar-refractivity contribution in [1.82, 2.24) is 4.31 Å². The number of sulfonamides is 1. The van der Waals surface area contributed by atoms with Crippen LogP contribution in [0.2, 0.25) is 0 Å². The van der Waals surface area contributed by atoms with E-state index in [9.17, 15) is 12.8 Å². The van der Waals surface area contributed by atoms with Crippen LogP contribution in [0.3, 0.4) is 0 Å². The number of ether oxygens (including phenoxy) is 1. The van der Waals surface area contributed by atoms with E-state index in [-0.39, 0.29) is 41.9 Å². The summed E-state index contributed by atoms with van der Waals surface area (Å²) in [6.07, 6.45) is -0.560. The van der Waals surface area contributed by atoms with Gasteiger partial charge < -0.3 is 15.6 Å². The molecule has 8 heteroatoms. The van der Waals surface area contributed by atoms with Crippen molar-refractivity contribution in [3.8, 4) is 0 Å². The smallest absolute Gasteiger partial charge is 0.243 e. The number of benzene rings is 1. The molecule has 2 rings (SSSR count). The Kier molecular flexibility index (Phi) is 4.52. The molecule has 0 aliphatic carbocycles. The second-order valence-electron chi connectivity index (χ2n) is 5.21. The lowest BCUT2D eigenvalue weighted by molar-refractivity contribution is -0.0516. The van der Waals surface area contributed by atoms with Crippen LogP contribution in [0.5, 0.6) is 0 Å². The van der Waals surface area contributed by atoms with Crippen molar-refractivity contribution in [2.75, 3.05) is 25.5 Å². The Hall–Kier alpha value is -1.22. The molecule has 0 saturated carbocycles. The van der Waals surface area contributed by atoms with Gasteiger partial charge in [-0.2, -0.15) is 4.31 Å². The SMILES string of the molecule is Cc1cc(S(=O)(=O)N2CC(CO)OCC2C)cc(N)c1F. The summed E-state index contributed by atoms with van der Waals surface area (Å²) in [5.74, 6) is -0.614. The number of aryl methyl sites for hydroxylation is 1. The van der Waals surface area contributed by atoms with Gasteiger partial charge in [-0.1, -0.05) is 0 Å². The fourth-order valence-electron chi connectivity index (χ4n) is 2.28. The molecule has 6 nitrogen and oxygen atoms in total. The van der Waals surface area contributed by atoms with Crippen LogP contribution in [0, 0.1) is 12.7 Å². The Bertz CT molecular complexity index is 612. The second-order valence-corrected chi connectivity index (χ2v) is 7.10. The highest BCUT2D eigenvalue weighted by molar-refractivity contribution is 7.89. The maximum absolute atomic E-state index is 13.5. The first-order chi connectivity index (χ1) is 9.77. The highest BCUT2D eigenvalue weighted by atomic mass is 32.2. The van der Waals surface area contributed by atoms with Crippen LogP contribution in [0.1, 0.15) is 12.5 Å². The fourth-order valence-corrected chi connectivity index (χ4v) is 4.05. The number of nitrogen functional groups attached to an aromatic ring is 1. The van der Waals surface area contributed by atoms with Crippen molar-refractivity contribution in [2.45, 2.75) is 30.9 Å². The average Bonchev–Trinajstić information content (AvgIpc) is 2.44. The molecular weight excluding hydrogens is 299 g/mol. The van der Waals surface area contributed by atoms with E-state index in [0.29, 0.717) is 0 Å². The van der Waals surface area contributed by atoms with Crippen molar-refractivity contribution in [1.29, 1.82) is 0 Å². The molecular formula is C13H19FN2O4S. The molecule has 1 aromatic carbocycles. The summed E-state index contributed by atoms with van der Waals surface area (Å²) in [6, 6.07) is 2.01. The predicted molar refractivity (Wildman–Crippen MR) is 75.7 cm³/mol. The summed E-state index contributed by atoms with van der Waals surface area (Å²) >= 11 is 0. The maximum Gasteiger partial charge on any atom is 0.243 e. The molecule has 0 amide bonds. The first kappa shape index (κ1) is 16.2. The Labute approximate surface area is 123 Å². The van der Waals surface area contributed by atoms with E-state index in [4.69, 9.17) is 15.6 Å². The van der Waals surface area contributed by atoms with Gasteiger partial charge in [0.25, 0.3) is 0 Å². The van der Waals surface area contributed by atoms with Gasteiger partial charge in [0.1, 0.15) is 5.82 Å². The summed E-state index contributed by atoms with van der Waals surface area (Å²) in [6.45, 7) is 3.16. The van der Waals surface area contributed by atoms with Crippen LogP contribution in [0.25, 0.3) is 0 Å². The van der Waals surface area contributed by atoms with Crippen LogP contribution < -0.4 is 5.73 Å². The third-order valence-corrected chi connectivity index (χ3v) is 5.47. The highest BCUT2D eigenvalue weighted by Gasteiger charge is 2.35. The third-order valence-electron chi connectivity index (χ3n) is 3.51. The Morgan fingerprint density at radius 2 is 2.19 bits per heavy atom. The van der Waals surface area contributed by atoms with E-state index in [1.165, 1.54) is 17.3 Å². The van der Waals surface area contributed by atoms with E-state index < -0.39 is 21.9 Å². The molecule has 2 atom stereocenters. The molecule has 1 fully saturated rings. The van der Waals surface area contributed by atoms with Crippen LogP contribution >= 0.6 is 0 Å². The van der Waals surface area contributed by atoms with Crippen molar-refractivity contribution in [3.05, 3.63) is 23.5 Å². The van der Waals surface area contributed by atoms with Gasteiger partial charge in [-0.25, -0.2) is 12.8 Å².